The van der Waals surface area contributed by atoms with E-state index in [1.807, 2.05) is 0 Å². The zero-order chi connectivity index (χ0) is 24.2. The van der Waals surface area contributed by atoms with E-state index in [2.05, 4.69) is 0 Å². The van der Waals surface area contributed by atoms with Gasteiger partial charge in [0.25, 0.3) is 10.0 Å². The Bertz CT molecular complexity index is 1230. The fraction of sp³-hybridized carbons (Fsp3) is 0.250. The minimum Gasteiger partial charge on any atom is -0.497 e. The monoisotopic (exact) mass is 475 g/mol. The molecule has 33 heavy (non-hydrogen) atoms. The molecule has 0 heterocycles. The molecule has 0 saturated carbocycles. The maximum atomic E-state index is 14.7. The first-order valence-corrected chi connectivity index (χ1v) is 11.4. The number of nitrogens with zero attached hydrogens (tertiary/aromatic N) is 1. The maximum absolute atomic E-state index is 14.7. The van der Waals surface area contributed by atoms with Crippen LogP contribution in [0.3, 0.4) is 0 Å². The molecule has 0 radical (unpaired) electrons. The highest BCUT2D eigenvalue weighted by molar-refractivity contribution is 7.92. The quantitative estimate of drug-likeness (QED) is 0.442. The molecular formula is C24H26FNO6S. The zero-order valence-electron chi connectivity index (χ0n) is 19.0. The van der Waals surface area contributed by atoms with Gasteiger partial charge >= 0.3 is 0 Å². The smallest absolute Gasteiger partial charge is 0.267 e. The van der Waals surface area contributed by atoms with Gasteiger partial charge in [-0.25, -0.2) is 12.8 Å². The molecule has 1 atom stereocenters. The van der Waals surface area contributed by atoms with Crippen molar-refractivity contribution in [1.29, 1.82) is 0 Å². The van der Waals surface area contributed by atoms with Gasteiger partial charge in [0.05, 0.1) is 40.2 Å². The van der Waals surface area contributed by atoms with Crippen LogP contribution in [0.25, 0.3) is 0 Å². The first kappa shape index (κ1) is 24.2. The predicted molar refractivity (Wildman–Crippen MR) is 124 cm³/mol. The van der Waals surface area contributed by atoms with Gasteiger partial charge in [-0.15, -0.1) is 0 Å². The summed E-state index contributed by atoms with van der Waals surface area (Å²) in [4.78, 5) is -0.450. The van der Waals surface area contributed by atoms with Crippen molar-refractivity contribution in [3.63, 3.8) is 0 Å². The fourth-order valence-electron chi connectivity index (χ4n) is 3.58. The van der Waals surface area contributed by atoms with E-state index >= 15 is 0 Å². The summed E-state index contributed by atoms with van der Waals surface area (Å²) in [7, 11) is 1.58. The summed E-state index contributed by atoms with van der Waals surface area (Å²) in [5.41, 5.74) is 0.792. The van der Waals surface area contributed by atoms with Gasteiger partial charge in [0.2, 0.25) is 0 Å². The van der Waals surface area contributed by atoms with E-state index in [9.17, 15) is 12.8 Å². The van der Waals surface area contributed by atoms with Crippen molar-refractivity contribution in [2.45, 2.75) is 17.9 Å². The van der Waals surface area contributed by atoms with Crippen LogP contribution in [0.2, 0.25) is 0 Å². The van der Waals surface area contributed by atoms with E-state index in [1.165, 1.54) is 52.7 Å². The third kappa shape index (κ3) is 4.68. The number of hydrogen-bond donors (Lipinski definition) is 0. The normalized spacial score (nSPS) is 12.1. The lowest BCUT2D eigenvalue weighted by Crippen LogP contribution is -2.34. The molecule has 3 aromatic rings. The van der Waals surface area contributed by atoms with Crippen LogP contribution in [-0.4, -0.2) is 36.9 Å². The Morgan fingerprint density at radius 2 is 1.42 bits per heavy atom. The number of sulfonamides is 1. The van der Waals surface area contributed by atoms with E-state index in [0.717, 1.165) is 10.4 Å². The number of ether oxygens (including phenoxy) is 4. The van der Waals surface area contributed by atoms with Crippen LogP contribution < -0.4 is 23.3 Å². The molecular weight excluding hydrogens is 449 g/mol. The Balaban J connectivity index is 2.28. The minimum atomic E-state index is -4.36. The molecule has 0 aliphatic carbocycles. The van der Waals surface area contributed by atoms with Gasteiger partial charge in [-0.3, -0.25) is 4.31 Å². The van der Waals surface area contributed by atoms with Gasteiger partial charge in [-0.05, 0) is 49.4 Å². The number of hydrogen-bond acceptors (Lipinski definition) is 6. The summed E-state index contributed by atoms with van der Waals surface area (Å²) in [6.07, 6.45) is 0. The summed E-state index contributed by atoms with van der Waals surface area (Å²) in [6.45, 7) is 1.69. The van der Waals surface area contributed by atoms with E-state index in [4.69, 9.17) is 18.9 Å². The molecule has 3 rings (SSSR count). The molecule has 9 heteroatoms. The molecule has 0 fully saturated rings. The van der Waals surface area contributed by atoms with Crippen LogP contribution in [0.15, 0.2) is 65.6 Å². The molecule has 0 aliphatic rings. The average molecular weight is 476 g/mol. The van der Waals surface area contributed by atoms with Gasteiger partial charge < -0.3 is 18.9 Å². The second kappa shape index (κ2) is 9.99. The van der Waals surface area contributed by atoms with Crippen molar-refractivity contribution in [2.24, 2.45) is 0 Å². The van der Waals surface area contributed by atoms with Crippen LogP contribution >= 0.6 is 0 Å². The highest BCUT2D eigenvalue weighted by atomic mass is 32.2. The minimum absolute atomic E-state index is 0.258. The van der Waals surface area contributed by atoms with Crippen molar-refractivity contribution in [2.75, 3.05) is 32.7 Å². The molecule has 0 unspecified atom stereocenters. The third-order valence-electron chi connectivity index (χ3n) is 5.23. The van der Waals surface area contributed by atoms with E-state index in [0.29, 0.717) is 28.6 Å². The molecule has 0 spiro atoms. The maximum Gasteiger partial charge on any atom is 0.267 e. The lowest BCUT2D eigenvalue weighted by atomic mass is 10.1. The summed E-state index contributed by atoms with van der Waals surface area (Å²) < 4.78 is 64.9. The number of rotatable bonds is 9. The second-order valence-electron chi connectivity index (χ2n) is 7.05. The van der Waals surface area contributed by atoms with Crippen LogP contribution in [0, 0.1) is 5.82 Å². The Hall–Kier alpha value is -3.46. The lowest BCUT2D eigenvalue weighted by molar-refractivity contribution is 0.355. The summed E-state index contributed by atoms with van der Waals surface area (Å²) in [5.74, 6) is 0.878. The Labute approximate surface area is 193 Å². The van der Waals surface area contributed by atoms with Crippen molar-refractivity contribution in [3.8, 4) is 23.0 Å². The van der Waals surface area contributed by atoms with Crippen LogP contribution in [0.5, 0.6) is 23.0 Å². The second-order valence-corrected chi connectivity index (χ2v) is 8.84. The van der Waals surface area contributed by atoms with Gasteiger partial charge in [0.1, 0.15) is 22.2 Å². The third-order valence-corrected chi connectivity index (χ3v) is 7.17. The lowest BCUT2D eigenvalue weighted by Gasteiger charge is -2.32. The van der Waals surface area contributed by atoms with Gasteiger partial charge in [0, 0.05) is 11.6 Å². The Morgan fingerprint density at radius 3 is 2.03 bits per heavy atom. The van der Waals surface area contributed by atoms with Crippen molar-refractivity contribution < 1.29 is 31.8 Å². The number of methoxy groups -OCH3 is 4. The standard InChI is InChI=1S/C24H26FNO6S/c1-16(19-15-18(29-2)11-13-21(19)30-3)26(17-10-12-22(31-4)23(14-17)32-5)33(27,28)24-9-7-6-8-20(24)25/h6-16H,1-5H3/t16-/m1/s1. The molecule has 0 bridgehead atoms. The van der Waals surface area contributed by atoms with Gasteiger partial charge in [-0.2, -0.15) is 0 Å². The van der Waals surface area contributed by atoms with E-state index < -0.39 is 26.8 Å². The summed E-state index contributed by atoms with van der Waals surface area (Å²) >= 11 is 0. The topological polar surface area (TPSA) is 74.3 Å². The highest BCUT2D eigenvalue weighted by Gasteiger charge is 2.34. The highest BCUT2D eigenvalue weighted by Crippen LogP contribution is 2.41. The fourth-order valence-corrected chi connectivity index (χ4v) is 5.28. The SMILES string of the molecule is COc1ccc(OC)c([C@@H](C)N(c2ccc(OC)c(OC)c2)S(=O)(=O)c2ccccc2F)c1. The van der Waals surface area contributed by atoms with Crippen molar-refractivity contribution in [3.05, 3.63) is 72.0 Å². The molecule has 0 N–H and O–H groups in total. The number of halogens is 1. The Kier molecular flexibility index (Phi) is 7.33. The van der Waals surface area contributed by atoms with E-state index in [-0.39, 0.29) is 5.69 Å². The molecule has 0 amide bonds. The zero-order valence-corrected chi connectivity index (χ0v) is 19.9. The Morgan fingerprint density at radius 1 is 0.788 bits per heavy atom. The molecule has 0 aliphatic heterocycles. The molecule has 0 saturated heterocycles. The summed E-state index contributed by atoms with van der Waals surface area (Å²) in [6, 6.07) is 14.2. The van der Waals surface area contributed by atoms with Crippen LogP contribution in [-0.2, 0) is 10.0 Å². The van der Waals surface area contributed by atoms with Crippen molar-refractivity contribution in [1.82, 2.24) is 0 Å². The molecule has 176 valence electrons. The summed E-state index contributed by atoms with van der Waals surface area (Å²) in [5, 5.41) is 0. The average Bonchev–Trinajstić information content (AvgIpc) is 2.83. The molecule has 7 nitrogen and oxygen atoms in total. The van der Waals surface area contributed by atoms with Crippen LogP contribution in [0.4, 0.5) is 10.1 Å². The first-order valence-electron chi connectivity index (χ1n) is 10.0. The van der Waals surface area contributed by atoms with E-state index in [1.54, 1.807) is 37.3 Å². The van der Waals surface area contributed by atoms with Crippen molar-refractivity contribution >= 4 is 15.7 Å². The van der Waals surface area contributed by atoms with Gasteiger partial charge in [-0.1, -0.05) is 12.1 Å². The van der Waals surface area contributed by atoms with Gasteiger partial charge in [0.15, 0.2) is 11.5 Å². The number of anilines is 1. The predicted octanol–water partition coefficient (Wildman–Crippen LogP) is 4.82. The molecule has 0 aromatic heterocycles. The molecule has 3 aromatic carbocycles. The largest absolute Gasteiger partial charge is 0.497 e. The number of benzene rings is 3. The first-order chi connectivity index (χ1) is 15.8. The van der Waals surface area contributed by atoms with Crippen LogP contribution in [0.1, 0.15) is 18.5 Å².